The van der Waals surface area contributed by atoms with Crippen molar-refractivity contribution in [2.45, 2.75) is 25.1 Å². The number of hydrogen-bond donors (Lipinski definition) is 2. The average molecular weight is 400 g/mol. The van der Waals surface area contributed by atoms with E-state index in [0.717, 1.165) is 16.5 Å². The first-order valence-corrected chi connectivity index (χ1v) is 7.78. The Bertz CT molecular complexity index is 1060. The fraction of sp³-hybridized carbons (Fsp3) is 0.235. The van der Waals surface area contributed by atoms with Crippen LogP contribution < -0.4 is 5.73 Å². The second-order valence-electron chi connectivity index (χ2n) is 6.12. The standard InChI is InChI=1S/C17H13F5N4O2/c1-8-2-3-9(16(28,7-27)15(18)19)4-10(8)11-5-24-14-13(23)25-12(6-26(11)14)17(20,21)22/h2-7,15,28H,1H3,(H2,23,25). The Kier molecular flexibility index (Phi) is 4.58. The number of halogens is 5. The fourth-order valence-corrected chi connectivity index (χ4v) is 2.74. The summed E-state index contributed by atoms with van der Waals surface area (Å²) < 4.78 is 66.6. The third kappa shape index (κ3) is 3.07. The minimum atomic E-state index is -4.77. The number of aromatic nitrogens is 3. The second kappa shape index (κ2) is 6.51. The first-order valence-electron chi connectivity index (χ1n) is 7.78. The van der Waals surface area contributed by atoms with Crippen LogP contribution in [0, 0.1) is 6.92 Å². The van der Waals surface area contributed by atoms with Gasteiger partial charge < -0.3 is 10.8 Å². The summed E-state index contributed by atoms with van der Waals surface area (Å²) in [6, 6.07) is 3.60. The molecule has 3 aromatic rings. The van der Waals surface area contributed by atoms with Crippen LogP contribution in [0.2, 0.25) is 0 Å². The number of carbonyl (C=O) groups excluding carboxylic acids is 1. The van der Waals surface area contributed by atoms with Gasteiger partial charge in [-0.3, -0.25) is 9.20 Å². The number of aryl methyl sites for hydroxylation is 1. The molecule has 2 heterocycles. The Labute approximate surface area is 154 Å². The molecule has 0 saturated heterocycles. The summed E-state index contributed by atoms with van der Waals surface area (Å²) in [7, 11) is 0. The van der Waals surface area contributed by atoms with E-state index in [1.165, 1.54) is 12.3 Å². The predicted octanol–water partition coefficient (Wildman–Crippen LogP) is 2.96. The lowest BCUT2D eigenvalue weighted by atomic mass is 9.91. The Morgan fingerprint density at radius 3 is 2.54 bits per heavy atom. The van der Waals surface area contributed by atoms with Crippen molar-refractivity contribution in [1.82, 2.24) is 14.4 Å². The van der Waals surface area contributed by atoms with Crippen molar-refractivity contribution in [2.75, 3.05) is 5.73 Å². The Morgan fingerprint density at radius 2 is 1.96 bits per heavy atom. The highest BCUT2D eigenvalue weighted by Gasteiger charge is 2.40. The zero-order valence-electron chi connectivity index (χ0n) is 14.2. The average Bonchev–Trinajstić information content (AvgIpc) is 3.05. The summed E-state index contributed by atoms with van der Waals surface area (Å²) in [5, 5.41) is 9.97. The van der Waals surface area contributed by atoms with Crippen LogP contribution >= 0.6 is 0 Å². The van der Waals surface area contributed by atoms with Crippen LogP contribution in [-0.2, 0) is 16.6 Å². The number of alkyl halides is 5. The van der Waals surface area contributed by atoms with Crippen LogP contribution in [0.4, 0.5) is 27.8 Å². The summed E-state index contributed by atoms with van der Waals surface area (Å²) in [6.07, 6.45) is -6.58. The maximum absolute atomic E-state index is 13.2. The molecule has 2 aromatic heterocycles. The van der Waals surface area contributed by atoms with Crippen molar-refractivity contribution in [1.29, 1.82) is 0 Å². The van der Waals surface area contributed by atoms with Crippen LogP contribution in [0.15, 0.2) is 30.6 Å². The molecule has 0 bridgehead atoms. The molecule has 6 nitrogen and oxygen atoms in total. The van der Waals surface area contributed by atoms with E-state index in [2.05, 4.69) is 9.97 Å². The number of hydrogen-bond acceptors (Lipinski definition) is 5. The molecule has 1 unspecified atom stereocenters. The number of aldehydes is 1. The predicted molar refractivity (Wildman–Crippen MR) is 88.5 cm³/mol. The van der Waals surface area contributed by atoms with E-state index in [1.54, 1.807) is 6.92 Å². The van der Waals surface area contributed by atoms with E-state index in [1.807, 2.05) is 0 Å². The Hall–Kier alpha value is -3.08. The number of benzene rings is 1. The normalized spacial score (nSPS) is 14.4. The zero-order valence-corrected chi connectivity index (χ0v) is 14.2. The number of imidazole rings is 1. The molecule has 0 aliphatic heterocycles. The van der Waals surface area contributed by atoms with Gasteiger partial charge in [0, 0.05) is 11.8 Å². The van der Waals surface area contributed by atoms with Crippen molar-refractivity contribution in [3.8, 4) is 11.3 Å². The third-order valence-electron chi connectivity index (χ3n) is 4.30. The van der Waals surface area contributed by atoms with Crippen LogP contribution in [0.25, 0.3) is 16.9 Å². The molecule has 1 aromatic carbocycles. The van der Waals surface area contributed by atoms with Gasteiger partial charge in [-0.25, -0.2) is 18.7 Å². The number of nitrogen functional groups attached to an aromatic ring is 1. The molecule has 11 heteroatoms. The Balaban J connectivity index is 2.27. The van der Waals surface area contributed by atoms with Crippen LogP contribution in [0.5, 0.6) is 0 Å². The highest BCUT2D eigenvalue weighted by Crippen LogP contribution is 2.34. The number of nitrogens with two attached hydrogens (primary N) is 1. The minimum Gasteiger partial charge on any atom is -0.381 e. The lowest BCUT2D eigenvalue weighted by Gasteiger charge is -2.22. The highest BCUT2D eigenvalue weighted by atomic mass is 19.4. The number of nitrogens with zero attached hydrogens (tertiary/aromatic N) is 3. The summed E-state index contributed by atoms with van der Waals surface area (Å²) >= 11 is 0. The van der Waals surface area contributed by atoms with E-state index >= 15 is 0 Å². The molecule has 3 rings (SSSR count). The van der Waals surface area contributed by atoms with Crippen molar-refractivity contribution in [3.05, 3.63) is 47.4 Å². The van der Waals surface area contributed by atoms with E-state index in [9.17, 15) is 31.9 Å². The van der Waals surface area contributed by atoms with E-state index in [4.69, 9.17) is 5.73 Å². The zero-order chi connectivity index (χ0) is 20.9. The van der Waals surface area contributed by atoms with Gasteiger partial charge >= 0.3 is 6.18 Å². The summed E-state index contributed by atoms with van der Waals surface area (Å²) in [4.78, 5) is 18.3. The number of aliphatic hydroxyl groups is 1. The maximum atomic E-state index is 13.2. The quantitative estimate of drug-likeness (QED) is 0.519. The van der Waals surface area contributed by atoms with Gasteiger partial charge in [0.1, 0.15) is 0 Å². The van der Waals surface area contributed by atoms with E-state index < -0.39 is 35.3 Å². The fourth-order valence-electron chi connectivity index (χ4n) is 2.74. The summed E-state index contributed by atoms with van der Waals surface area (Å²) in [6.45, 7) is 1.58. The van der Waals surface area contributed by atoms with Crippen molar-refractivity contribution in [2.24, 2.45) is 0 Å². The number of carbonyl (C=O) groups is 1. The van der Waals surface area contributed by atoms with Crippen LogP contribution in [0.1, 0.15) is 16.8 Å². The van der Waals surface area contributed by atoms with Crippen molar-refractivity contribution >= 4 is 17.8 Å². The SMILES string of the molecule is Cc1ccc(C(O)(C=O)C(F)F)cc1-c1cnc2c(N)nc(C(F)(F)F)cn12. The molecule has 0 fully saturated rings. The number of anilines is 1. The molecule has 148 valence electrons. The Morgan fingerprint density at radius 1 is 1.29 bits per heavy atom. The van der Waals surface area contributed by atoms with Gasteiger partial charge in [-0.15, -0.1) is 0 Å². The summed E-state index contributed by atoms with van der Waals surface area (Å²) in [5.74, 6) is -0.466. The number of fused-ring (bicyclic) bond motifs is 1. The van der Waals surface area contributed by atoms with Crippen molar-refractivity contribution in [3.63, 3.8) is 0 Å². The van der Waals surface area contributed by atoms with Gasteiger partial charge in [-0.1, -0.05) is 12.1 Å². The topological polar surface area (TPSA) is 93.5 Å². The molecular formula is C17H13F5N4O2. The van der Waals surface area contributed by atoms with Gasteiger partial charge in [-0.05, 0) is 24.1 Å². The van der Waals surface area contributed by atoms with Gasteiger partial charge in [0.25, 0.3) is 6.43 Å². The molecule has 0 aliphatic rings. The monoisotopic (exact) mass is 400 g/mol. The second-order valence-corrected chi connectivity index (χ2v) is 6.12. The van der Waals surface area contributed by atoms with E-state index in [0.29, 0.717) is 11.8 Å². The molecule has 0 radical (unpaired) electrons. The molecular weight excluding hydrogens is 387 g/mol. The number of rotatable bonds is 4. The molecule has 28 heavy (non-hydrogen) atoms. The smallest absolute Gasteiger partial charge is 0.381 e. The molecule has 0 saturated carbocycles. The minimum absolute atomic E-state index is 0.0627. The summed E-state index contributed by atoms with van der Waals surface area (Å²) in [5.41, 5.74) is 1.54. The molecule has 0 spiro atoms. The lowest BCUT2D eigenvalue weighted by molar-refractivity contribution is -0.144. The molecule has 0 aliphatic carbocycles. The van der Waals surface area contributed by atoms with Crippen molar-refractivity contribution < 1.29 is 31.9 Å². The largest absolute Gasteiger partial charge is 0.434 e. The van der Waals surface area contributed by atoms with Gasteiger partial charge in [0.05, 0.1) is 11.9 Å². The maximum Gasteiger partial charge on any atom is 0.434 e. The van der Waals surface area contributed by atoms with Gasteiger partial charge in [0.2, 0.25) is 5.60 Å². The molecule has 3 N–H and O–H groups in total. The lowest BCUT2D eigenvalue weighted by Crippen LogP contribution is -2.36. The molecule has 0 amide bonds. The molecule has 1 atom stereocenters. The first kappa shape index (κ1) is 19.7. The van der Waals surface area contributed by atoms with Gasteiger partial charge in [-0.2, -0.15) is 13.2 Å². The first-order chi connectivity index (χ1) is 13.0. The third-order valence-corrected chi connectivity index (χ3v) is 4.30. The van der Waals surface area contributed by atoms with Crippen LogP contribution in [-0.4, -0.2) is 32.2 Å². The van der Waals surface area contributed by atoms with Gasteiger partial charge in [0.15, 0.2) is 23.4 Å². The van der Waals surface area contributed by atoms with E-state index in [-0.39, 0.29) is 23.2 Å². The highest BCUT2D eigenvalue weighted by molar-refractivity contribution is 5.74. The van der Waals surface area contributed by atoms with Crippen LogP contribution in [0.3, 0.4) is 0 Å².